The van der Waals surface area contributed by atoms with E-state index in [0.29, 0.717) is 22.5 Å². The summed E-state index contributed by atoms with van der Waals surface area (Å²) < 4.78 is 43.3. The number of hydrogen-bond acceptors (Lipinski definition) is 3. The first-order valence-electron chi connectivity index (χ1n) is 9.12. The number of nitrogens with two attached hydrogens (primary N) is 2. The van der Waals surface area contributed by atoms with Crippen molar-refractivity contribution in [3.63, 3.8) is 0 Å². The molecule has 3 aromatic rings. The lowest BCUT2D eigenvalue weighted by molar-refractivity contribution is -0.399. The molecule has 0 unspecified atom stereocenters. The average molecular weight is 398 g/mol. The van der Waals surface area contributed by atoms with Crippen LogP contribution < -0.4 is 16.5 Å². The first-order chi connectivity index (χ1) is 13.8. The molecule has 0 amide bonds. The normalized spacial score (nSPS) is 15.7. The number of aromatic amines is 1. The predicted molar refractivity (Wildman–Crippen MR) is 104 cm³/mol. The zero-order valence-corrected chi connectivity index (χ0v) is 15.4. The van der Waals surface area contributed by atoms with Crippen LogP contribution in [0.1, 0.15) is 24.2 Å². The Morgan fingerprint density at radius 1 is 1.10 bits per heavy atom. The second-order valence-corrected chi connectivity index (χ2v) is 6.99. The van der Waals surface area contributed by atoms with Crippen LogP contribution in [0.25, 0.3) is 10.9 Å². The fourth-order valence-electron chi connectivity index (χ4n) is 3.00. The van der Waals surface area contributed by atoms with Crippen molar-refractivity contribution >= 4 is 22.6 Å². The van der Waals surface area contributed by atoms with E-state index in [4.69, 9.17) is 11.5 Å². The predicted octanol–water partition coefficient (Wildman–Crippen LogP) is 3.57. The van der Waals surface area contributed by atoms with Crippen molar-refractivity contribution in [3.05, 3.63) is 77.5 Å². The van der Waals surface area contributed by atoms with Crippen molar-refractivity contribution in [2.24, 2.45) is 22.4 Å². The molecular formula is C21H19F3N5+. The van der Waals surface area contributed by atoms with Crippen molar-refractivity contribution in [2.45, 2.75) is 18.8 Å². The first-order valence-corrected chi connectivity index (χ1v) is 9.12. The summed E-state index contributed by atoms with van der Waals surface area (Å²) in [6.45, 7) is 0. The molecule has 0 radical (unpaired) electrons. The second-order valence-electron chi connectivity index (χ2n) is 6.99. The summed E-state index contributed by atoms with van der Waals surface area (Å²) in [7, 11) is 0. The van der Waals surface area contributed by atoms with Crippen LogP contribution >= 0.6 is 0 Å². The summed E-state index contributed by atoms with van der Waals surface area (Å²) in [4.78, 5) is 10.9. The van der Waals surface area contributed by atoms with Crippen LogP contribution in [-0.4, -0.2) is 10.8 Å². The van der Waals surface area contributed by atoms with Gasteiger partial charge in [0.25, 0.3) is 5.82 Å². The molecule has 0 spiro atoms. The van der Waals surface area contributed by atoms with Crippen LogP contribution in [0.15, 0.2) is 65.3 Å². The first kappa shape index (κ1) is 18.9. The largest absolute Gasteiger partial charge is 0.402 e. The molecule has 4 rings (SSSR count). The van der Waals surface area contributed by atoms with Crippen LogP contribution in [0.3, 0.4) is 0 Å². The second kappa shape index (κ2) is 7.20. The van der Waals surface area contributed by atoms with Gasteiger partial charge in [0.1, 0.15) is 5.82 Å². The quantitative estimate of drug-likeness (QED) is 0.508. The number of aliphatic imine (C=N–C) groups is 1. The fourth-order valence-corrected chi connectivity index (χ4v) is 3.00. The van der Waals surface area contributed by atoms with Crippen LogP contribution in [0.2, 0.25) is 0 Å². The molecule has 5 N–H and O–H groups in total. The molecule has 8 heteroatoms. The van der Waals surface area contributed by atoms with Crippen molar-refractivity contribution < 1.29 is 18.2 Å². The highest BCUT2D eigenvalue weighted by Gasteiger charge is 2.42. The van der Waals surface area contributed by atoms with E-state index in [1.807, 2.05) is 0 Å². The Balaban J connectivity index is 1.82. The van der Waals surface area contributed by atoms with E-state index in [9.17, 15) is 4.39 Å². The molecule has 0 atom stereocenters. The maximum absolute atomic E-state index is 15.1. The molecule has 1 aromatic heterocycles. The topological polar surface area (TPSA) is 91.4 Å². The maximum Gasteiger partial charge on any atom is 0.359 e. The lowest BCUT2D eigenvalue weighted by atomic mass is 10.1. The number of amidine groups is 1. The molecule has 2 aromatic carbocycles. The summed E-state index contributed by atoms with van der Waals surface area (Å²) in [6, 6.07) is 10.8. The minimum Gasteiger partial charge on any atom is -0.402 e. The number of halogens is 3. The molecular weight excluding hydrogens is 379 g/mol. The zero-order chi connectivity index (χ0) is 20.6. The number of nitrogens with one attached hydrogen (secondary N) is 1. The lowest BCUT2D eigenvalue weighted by Gasteiger charge is -2.13. The van der Waals surface area contributed by atoms with Crippen molar-refractivity contribution in [3.8, 4) is 0 Å². The Labute approximate surface area is 165 Å². The Bertz CT molecular complexity index is 1120. The zero-order valence-electron chi connectivity index (χ0n) is 15.4. The van der Waals surface area contributed by atoms with Crippen LogP contribution in [0.5, 0.6) is 0 Å². The molecule has 29 heavy (non-hydrogen) atoms. The van der Waals surface area contributed by atoms with E-state index >= 15 is 8.78 Å². The Morgan fingerprint density at radius 2 is 1.79 bits per heavy atom. The van der Waals surface area contributed by atoms with Gasteiger partial charge in [-0.1, -0.05) is 17.1 Å². The molecule has 148 valence electrons. The maximum atomic E-state index is 15.1. The SMILES string of the molecule is NC(/C=C(\N)C1CC1)=Nc1[nH+]c(C(F)(F)c2ccc(F)cc2)nc2ccccc12. The number of aromatic nitrogens is 2. The van der Waals surface area contributed by atoms with Crippen molar-refractivity contribution in [1.82, 2.24) is 4.98 Å². The van der Waals surface area contributed by atoms with Gasteiger partial charge in [0.05, 0.1) is 5.39 Å². The molecule has 0 aliphatic heterocycles. The monoisotopic (exact) mass is 398 g/mol. The molecule has 1 aliphatic rings. The minimum atomic E-state index is -3.49. The molecule has 0 saturated heterocycles. The molecule has 1 heterocycles. The van der Waals surface area contributed by atoms with Gasteiger partial charge < -0.3 is 11.5 Å². The molecule has 5 nitrogen and oxygen atoms in total. The highest BCUT2D eigenvalue weighted by Crippen LogP contribution is 2.35. The highest BCUT2D eigenvalue weighted by molar-refractivity contribution is 5.96. The Morgan fingerprint density at radius 3 is 2.48 bits per heavy atom. The summed E-state index contributed by atoms with van der Waals surface area (Å²) in [5, 5.41) is 0.535. The molecule has 0 bridgehead atoms. The van der Waals surface area contributed by atoms with Gasteiger partial charge in [0.2, 0.25) is 5.84 Å². The van der Waals surface area contributed by atoms with Gasteiger partial charge in [-0.25, -0.2) is 9.37 Å². The van der Waals surface area contributed by atoms with Gasteiger partial charge in [0, 0.05) is 17.3 Å². The number of benzene rings is 2. The van der Waals surface area contributed by atoms with Gasteiger partial charge in [0.15, 0.2) is 5.52 Å². The van der Waals surface area contributed by atoms with Gasteiger partial charge >= 0.3 is 11.7 Å². The van der Waals surface area contributed by atoms with Crippen LogP contribution in [0.4, 0.5) is 19.0 Å². The van der Waals surface area contributed by atoms with Crippen LogP contribution in [-0.2, 0) is 5.92 Å². The number of nitrogens with zero attached hydrogens (tertiary/aromatic N) is 2. The van der Waals surface area contributed by atoms with E-state index in [1.54, 1.807) is 30.3 Å². The van der Waals surface area contributed by atoms with Gasteiger partial charge in [-0.2, -0.15) is 8.78 Å². The number of rotatable bonds is 5. The summed E-state index contributed by atoms with van der Waals surface area (Å²) >= 11 is 0. The lowest BCUT2D eigenvalue weighted by Crippen LogP contribution is -2.29. The van der Waals surface area contributed by atoms with E-state index in [-0.39, 0.29) is 11.7 Å². The van der Waals surface area contributed by atoms with Crippen molar-refractivity contribution in [2.75, 3.05) is 0 Å². The Kier molecular flexibility index (Phi) is 4.70. The van der Waals surface area contributed by atoms with Crippen molar-refractivity contribution in [1.29, 1.82) is 0 Å². The smallest absolute Gasteiger partial charge is 0.359 e. The summed E-state index contributed by atoms with van der Waals surface area (Å²) in [5.41, 5.74) is 12.5. The number of H-pyrrole nitrogens is 1. The molecule has 1 fully saturated rings. The van der Waals surface area contributed by atoms with Gasteiger partial charge in [-0.15, -0.1) is 4.98 Å². The number of alkyl halides is 2. The third-order valence-electron chi connectivity index (χ3n) is 4.74. The third kappa shape index (κ3) is 3.91. The van der Waals surface area contributed by atoms with E-state index in [0.717, 1.165) is 37.1 Å². The Hall–Kier alpha value is -3.42. The number of allylic oxidation sites excluding steroid dienone is 1. The summed E-state index contributed by atoms with van der Waals surface area (Å²) in [6.07, 6.45) is 3.57. The fraction of sp³-hybridized carbons (Fsp3) is 0.190. The van der Waals surface area contributed by atoms with Gasteiger partial charge in [-0.05, 0) is 55.2 Å². The van der Waals surface area contributed by atoms with Crippen LogP contribution in [0, 0.1) is 11.7 Å². The average Bonchev–Trinajstić information content (AvgIpc) is 3.53. The van der Waals surface area contributed by atoms with E-state index < -0.39 is 23.1 Å². The molecule has 1 saturated carbocycles. The summed E-state index contributed by atoms with van der Waals surface area (Å²) in [5.74, 6) is -4.14. The molecule has 1 aliphatic carbocycles. The number of para-hydroxylation sites is 1. The van der Waals surface area contributed by atoms with E-state index in [2.05, 4.69) is 15.0 Å². The number of hydrogen-bond donors (Lipinski definition) is 2. The third-order valence-corrected chi connectivity index (χ3v) is 4.74. The minimum absolute atomic E-state index is 0.109. The number of fused-ring (bicyclic) bond motifs is 1. The van der Waals surface area contributed by atoms with Gasteiger partial charge in [-0.3, -0.25) is 0 Å². The van der Waals surface area contributed by atoms with E-state index in [1.165, 1.54) is 0 Å². The highest BCUT2D eigenvalue weighted by atomic mass is 19.3. The standard InChI is InChI=1S/C21H18F3N5/c22-14-9-7-13(8-10-14)21(23,24)20-27-17-4-2-1-3-15(17)19(29-20)28-18(26)11-16(25)12-5-6-12/h1-4,7-12H,5-6,25H2,(H2,26,27,28,29)/p+1/b16-11-.